The largest absolute Gasteiger partial charge is 0.342 e. The van der Waals surface area contributed by atoms with Gasteiger partial charge in [0.25, 0.3) is 0 Å². The number of fused-ring (bicyclic) bond motifs is 1. The summed E-state index contributed by atoms with van der Waals surface area (Å²) in [5.41, 5.74) is 5.25. The first-order chi connectivity index (χ1) is 12.2. The molecule has 2 aromatic heterocycles. The van der Waals surface area contributed by atoms with Crippen LogP contribution < -0.4 is 5.32 Å². The van der Waals surface area contributed by atoms with Gasteiger partial charge in [-0.1, -0.05) is 11.3 Å². The zero-order chi connectivity index (χ0) is 17.2. The van der Waals surface area contributed by atoms with Crippen LogP contribution >= 0.6 is 11.3 Å². The summed E-state index contributed by atoms with van der Waals surface area (Å²) < 4.78 is 0. The number of aromatic amines is 1. The molecule has 8 nitrogen and oxygen atoms in total. The van der Waals surface area contributed by atoms with Crippen LogP contribution in [-0.2, 0) is 22.4 Å². The third-order valence-corrected chi connectivity index (χ3v) is 5.34. The van der Waals surface area contributed by atoms with E-state index in [-0.39, 0.29) is 24.7 Å². The second kappa shape index (κ2) is 6.91. The van der Waals surface area contributed by atoms with Gasteiger partial charge in [-0.3, -0.25) is 14.7 Å². The van der Waals surface area contributed by atoms with Crippen LogP contribution in [0.25, 0.3) is 0 Å². The highest BCUT2D eigenvalue weighted by molar-refractivity contribution is 7.13. The molecule has 1 aliphatic heterocycles. The second-order valence-corrected chi connectivity index (χ2v) is 7.35. The zero-order valence-electron chi connectivity index (χ0n) is 13.8. The Morgan fingerprint density at radius 2 is 2.12 bits per heavy atom. The van der Waals surface area contributed by atoms with Crippen molar-refractivity contribution >= 4 is 28.3 Å². The molecule has 2 amide bonds. The number of hydrogen-bond donors (Lipinski definition) is 2. The average molecular weight is 360 g/mol. The van der Waals surface area contributed by atoms with Crippen molar-refractivity contribution in [2.75, 3.05) is 18.4 Å². The van der Waals surface area contributed by atoms with E-state index in [1.807, 2.05) is 4.90 Å². The van der Waals surface area contributed by atoms with Crippen molar-refractivity contribution < 1.29 is 9.59 Å². The summed E-state index contributed by atoms with van der Waals surface area (Å²) in [5.74, 6) is 0.440. The van der Waals surface area contributed by atoms with Gasteiger partial charge in [-0.15, -0.1) is 10.2 Å². The molecule has 0 bridgehead atoms. The molecular weight excluding hydrogens is 340 g/mol. The molecule has 2 N–H and O–H groups in total. The Labute approximate surface area is 149 Å². The van der Waals surface area contributed by atoms with Crippen molar-refractivity contribution in [3.8, 4) is 0 Å². The minimum Gasteiger partial charge on any atom is -0.342 e. The van der Waals surface area contributed by atoms with E-state index in [0.29, 0.717) is 24.1 Å². The first kappa shape index (κ1) is 16.2. The first-order valence-electron chi connectivity index (χ1n) is 8.60. The van der Waals surface area contributed by atoms with Crippen LogP contribution in [0.5, 0.6) is 0 Å². The number of anilines is 1. The van der Waals surface area contributed by atoms with Gasteiger partial charge in [0.1, 0.15) is 5.51 Å². The second-order valence-electron chi connectivity index (χ2n) is 6.51. The number of amides is 2. The lowest BCUT2D eigenvalue weighted by Crippen LogP contribution is -2.34. The third kappa shape index (κ3) is 3.71. The van der Waals surface area contributed by atoms with Crippen LogP contribution in [0.4, 0.5) is 5.13 Å². The van der Waals surface area contributed by atoms with E-state index < -0.39 is 0 Å². The number of carbonyl (C=O) groups is 2. The van der Waals surface area contributed by atoms with Crippen LogP contribution in [-0.4, -0.2) is 50.2 Å². The van der Waals surface area contributed by atoms with Crippen LogP contribution in [0, 0.1) is 0 Å². The summed E-state index contributed by atoms with van der Waals surface area (Å²) >= 11 is 1.26. The quantitative estimate of drug-likeness (QED) is 0.841. The summed E-state index contributed by atoms with van der Waals surface area (Å²) in [5, 5.41) is 18.2. The zero-order valence-corrected chi connectivity index (χ0v) is 14.6. The van der Waals surface area contributed by atoms with Gasteiger partial charge in [0, 0.05) is 44.0 Å². The van der Waals surface area contributed by atoms with Crippen molar-refractivity contribution in [1.82, 2.24) is 25.3 Å². The Balaban J connectivity index is 1.29. The van der Waals surface area contributed by atoms with Gasteiger partial charge < -0.3 is 10.2 Å². The van der Waals surface area contributed by atoms with E-state index in [2.05, 4.69) is 25.7 Å². The van der Waals surface area contributed by atoms with Gasteiger partial charge in [0.2, 0.25) is 16.9 Å². The van der Waals surface area contributed by atoms with Crippen molar-refractivity contribution in [2.45, 2.75) is 44.4 Å². The molecule has 0 atom stereocenters. The van der Waals surface area contributed by atoms with E-state index in [0.717, 1.165) is 12.8 Å². The summed E-state index contributed by atoms with van der Waals surface area (Å²) in [7, 11) is 0. The molecule has 0 saturated heterocycles. The van der Waals surface area contributed by atoms with Crippen molar-refractivity contribution in [3.05, 3.63) is 22.5 Å². The molecule has 132 valence electrons. The molecule has 1 saturated carbocycles. The summed E-state index contributed by atoms with van der Waals surface area (Å²) in [4.78, 5) is 26.2. The van der Waals surface area contributed by atoms with Crippen LogP contribution in [0.3, 0.4) is 0 Å². The minimum atomic E-state index is -0.203. The first-order valence-corrected chi connectivity index (χ1v) is 9.48. The highest BCUT2D eigenvalue weighted by Crippen LogP contribution is 2.41. The van der Waals surface area contributed by atoms with E-state index >= 15 is 0 Å². The normalized spacial score (nSPS) is 17.0. The topological polar surface area (TPSA) is 104 Å². The molecule has 2 aromatic rings. The SMILES string of the molecule is O=C(CCC(=O)N1CCc2[nH]nc(C3CC3)c2CC1)Nc1nncs1. The minimum absolute atomic E-state index is 0.0264. The summed E-state index contributed by atoms with van der Waals surface area (Å²) in [6.45, 7) is 1.37. The molecule has 0 aromatic carbocycles. The fraction of sp³-hybridized carbons (Fsp3) is 0.562. The maximum absolute atomic E-state index is 12.5. The molecule has 1 aliphatic carbocycles. The predicted octanol–water partition coefficient (Wildman–Crippen LogP) is 1.48. The number of carbonyl (C=O) groups excluding carboxylic acids is 2. The smallest absolute Gasteiger partial charge is 0.226 e. The van der Waals surface area contributed by atoms with Crippen molar-refractivity contribution in [2.24, 2.45) is 0 Å². The van der Waals surface area contributed by atoms with E-state index in [9.17, 15) is 9.59 Å². The standard InChI is InChI=1S/C16H20N6O2S/c23-13(18-16-21-17-9-25-16)3-4-14(24)22-7-5-11-12(6-8-22)19-20-15(11)10-1-2-10/h9-10H,1-8H2,(H,19,20)(H,18,21,23). The van der Waals surface area contributed by atoms with Gasteiger partial charge in [-0.05, 0) is 24.8 Å². The Morgan fingerprint density at radius 1 is 1.28 bits per heavy atom. The number of nitrogens with zero attached hydrogens (tertiary/aromatic N) is 4. The average Bonchev–Trinajstić information content (AvgIpc) is 3.25. The molecule has 4 rings (SSSR count). The highest BCUT2D eigenvalue weighted by Gasteiger charge is 2.31. The van der Waals surface area contributed by atoms with E-state index in [1.165, 1.54) is 41.1 Å². The lowest BCUT2D eigenvalue weighted by atomic mass is 10.1. The maximum atomic E-state index is 12.5. The van der Waals surface area contributed by atoms with E-state index in [1.54, 1.807) is 5.51 Å². The maximum Gasteiger partial charge on any atom is 0.226 e. The number of aromatic nitrogens is 4. The Bertz CT molecular complexity index is 768. The fourth-order valence-corrected chi connectivity index (χ4v) is 3.70. The molecular formula is C16H20N6O2S. The van der Waals surface area contributed by atoms with Crippen molar-refractivity contribution in [1.29, 1.82) is 0 Å². The Hall–Kier alpha value is -2.29. The number of rotatable bonds is 5. The van der Waals surface area contributed by atoms with Gasteiger partial charge in [0.15, 0.2) is 0 Å². The van der Waals surface area contributed by atoms with Crippen LogP contribution in [0.2, 0.25) is 0 Å². The van der Waals surface area contributed by atoms with Crippen LogP contribution in [0.15, 0.2) is 5.51 Å². The monoisotopic (exact) mass is 360 g/mol. The molecule has 2 aliphatic rings. The lowest BCUT2D eigenvalue weighted by molar-refractivity contribution is -0.132. The lowest BCUT2D eigenvalue weighted by Gasteiger charge is -2.20. The molecule has 1 fully saturated rings. The fourth-order valence-electron chi connectivity index (χ4n) is 3.24. The number of nitrogens with one attached hydrogen (secondary N) is 2. The van der Waals surface area contributed by atoms with Crippen LogP contribution in [0.1, 0.15) is 48.6 Å². The van der Waals surface area contributed by atoms with Gasteiger partial charge >= 0.3 is 0 Å². The Kier molecular flexibility index (Phi) is 4.48. The summed E-state index contributed by atoms with van der Waals surface area (Å²) in [6, 6.07) is 0. The van der Waals surface area contributed by atoms with Crippen molar-refractivity contribution in [3.63, 3.8) is 0 Å². The molecule has 9 heteroatoms. The molecule has 0 radical (unpaired) electrons. The molecule has 0 spiro atoms. The summed E-state index contributed by atoms with van der Waals surface area (Å²) in [6.07, 6.45) is 4.48. The predicted molar refractivity (Wildman–Crippen MR) is 92.3 cm³/mol. The van der Waals surface area contributed by atoms with Gasteiger partial charge in [0.05, 0.1) is 5.69 Å². The molecule has 25 heavy (non-hydrogen) atoms. The van der Waals surface area contributed by atoms with E-state index in [4.69, 9.17) is 0 Å². The third-order valence-electron chi connectivity index (χ3n) is 4.74. The molecule has 3 heterocycles. The van der Waals surface area contributed by atoms with Gasteiger partial charge in [-0.2, -0.15) is 5.10 Å². The number of H-pyrrole nitrogens is 1. The number of hydrogen-bond acceptors (Lipinski definition) is 6. The highest BCUT2D eigenvalue weighted by atomic mass is 32.1. The molecule has 0 unspecified atom stereocenters. The van der Waals surface area contributed by atoms with Gasteiger partial charge in [-0.25, -0.2) is 0 Å². The Morgan fingerprint density at radius 3 is 2.88 bits per heavy atom.